The first-order chi connectivity index (χ1) is 10.6. The SMILES string of the molecule is O=C(CS)NCCCCNC1=CC(=O)c2ccccc2C1=O. The van der Waals surface area contributed by atoms with Crippen molar-refractivity contribution in [3.05, 3.63) is 47.2 Å². The van der Waals surface area contributed by atoms with E-state index in [1.54, 1.807) is 24.3 Å². The fraction of sp³-hybridized carbons (Fsp3) is 0.312. The highest BCUT2D eigenvalue weighted by atomic mass is 32.1. The van der Waals surface area contributed by atoms with Gasteiger partial charge in [0.15, 0.2) is 5.78 Å². The normalized spacial score (nSPS) is 13.4. The predicted molar refractivity (Wildman–Crippen MR) is 87.3 cm³/mol. The number of ketones is 2. The van der Waals surface area contributed by atoms with Gasteiger partial charge in [-0.3, -0.25) is 14.4 Å². The van der Waals surface area contributed by atoms with Crippen molar-refractivity contribution < 1.29 is 14.4 Å². The van der Waals surface area contributed by atoms with Gasteiger partial charge in [-0.2, -0.15) is 12.6 Å². The number of amides is 1. The Morgan fingerprint density at radius 3 is 2.45 bits per heavy atom. The largest absolute Gasteiger partial charge is 0.382 e. The predicted octanol–water partition coefficient (Wildman–Crippen LogP) is 1.37. The fourth-order valence-electron chi connectivity index (χ4n) is 2.20. The molecule has 0 heterocycles. The smallest absolute Gasteiger partial charge is 0.229 e. The third kappa shape index (κ3) is 3.98. The highest BCUT2D eigenvalue weighted by Crippen LogP contribution is 2.19. The third-order valence-electron chi connectivity index (χ3n) is 3.34. The van der Waals surface area contributed by atoms with Crippen LogP contribution in [0, 0.1) is 0 Å². The minimum atomic E-state index is -0.154. The zero-order chi connectivity index (χ0) is 15.9. The van der Waals surface area contributed by atoms with Crippen LogP contribution in [-0.2, 0) is 4.79 Å². The molecule has 22 heavy (non-hydrogen) atoms. The molecule has 2 rings (SSSR count). The second kappa shape index (κ2) is 7.79. The molecule has 0 atom stereocenters. The third-order valence-corrected chi connectivity index (χ3v) is 3.63. The summed E-state index contributed by atoms with van der Waals surface area (Å²) in [6.07, 6.45) is 2.93. The quantitative estimate of drug-likeness (QED) is 0.524. The topological polar surface area (TPSA) is 75.3 Å². The number of fused-ring (bicyclic) bond motifs is 1. The molecule has 0 saturated heterocycles. The second-order valence-corrected chi connectivity index (χ2v) is 5.26. The van der Waals surface area contributed by atoms with Crippen molar-refractivity contribution in [2.75, 3.05) is 18.8 Å². The van der Waals surface area contributed by atoms with E-state index in [9.17, 15) is 14.4 Å². The molecule has 1 amide bonds. The first-order valence-corrected chi connectivity index (χ1v) is 7.78. The Morgan fingerprint density at radius 1 is 1.05 bits per heavy atom. The maximum Gasteiger partial charge on any atom is 0.229 e. The van der Waals surface area contributed by atoms with E-state index >= 15 is 0 Å². The molecule has 0 fully saturated rings. The van der Waals surface area contributed by atoms with Crippen LogP contribution >= 0.6 is 12.6 Å². The Kier molecular flexibility index (Phi) is 5.77. The Bertz CT molecular complexity index is 626. The van der Waals surface area contributed by atoms with Crippen LogP contribution < -0.4 is 10.6 Å². The number of rotatable bonds is 7. The number of allylic oxidation sites excluding steroid dienone is 2. The van der Waals surface area contributed by atoms with Gasteiger partial charge < -0.3 is 10.6 Å². The standard InChI is InChI=1S/C16H18N2O3S/c19-14-9-13(16(21)12-6-2-1-5-11(12)14)17-7-3-4-8-18-15(20)10-22/h1-2,5-6,9,17,22H,3-4,7-8,10H2,(H,18,20). The first-order valence-electron chi connectivity index (χ1n) is 7.14. The van der Waals surface area contributed by atoms with Crippen LogP contribution in [0.25, 0.3) is 0 Å². The van der Waals surface area contributed by atoms with Gasteiger partial charge in [0, 0.05) is 30.3 Å². The van der Waals surface area contributed by atoms with E-state index in [0.717, 1.165) is 12.8 Å². The number of Topliss-reactive ketones (excluding diaryl/α,β-unsaturated/α-hetero) is 1. The average molecular weight is 318 g/mol. The zero-order valence-corrected chi connectivity index (χ0v) is 13.0. The molecule has 0 saturated carbocycles. The van der Waals surface area contributed by atoms with Crippen molar-refractivity contribution in [1.29, 1.82) is 0 Å². The van der Waals surface area contributed by atoms with E-state index in [-0.39, 0.29) is 23.2 Å². The second-order valence-electron chi connectivity index (χ2n) is 4.94. The molecule has 0 aromatic heterocycles. The number of benzene rings is 1. The Morgan fingerprint density at radius 2 is 1.73 bits per heavy atom. The molecule has 1 aromatic rings. The average Bonchev–Trinajstić information content (AvgIpc) is 2.54. The van der Waals surface area contributed by atoms with Gasteiger partial charge in [0.1, 0.15) is 0 Å². The highest BCUT2D eigenvalue weighted by Gasteiger charge is 2.24. The molecule has 5 nitrogen and oxygen atoms in total. The molecule has 0 unspecified atom stereocenters. The Labute approximate surface area is 134 Å². The van der Waals surface area contributed by atoms with Gasteiger partial charge in [0.25, 0.3) is 0 Å². The molecule has 2 N–H and O–H groups in total. The number of hydrogen-bond donors (Lipinski definition) is 3. The van der Waals surface area contributed by atoms with Crippen molar-refractivity contribution in [3.63, 3.8) is 0 Å². The molecular weight excluding hydrogens is 300 g/mol. The number of nitrogens with one attached hydrogen (secondary N) is 2. The van der Waals surface area contributed by atoms with Gasteiger partial charge in [-0.15, -0.1) is 0 Å². The summed E-state index contributed by atoms with van der Waals surface area (Å²) in [6.45, 7) is 1.15. The van der Waals surface area contributed by atoms with Crippen molar-refractivity contribution >= 4 is 30.1 Å². The summed E-state index contributed by atoms with van der Waals surface area (Å²) in [5.74, 6) is -0.220. The minimum absolute atomic E-state index is 0.0938. The van der Waals surface area contributed by atoms with Crippen molar-refractivity contribution in [2.45, 2.75) is 12.8 Å². The molecule has 1 aliphatic carbocycles. The molecule has 0 bridgehead atoms. The van der Waals surface area contributed by atoms with Crippen LogP contribution in [0.2, 0.25) is 0 Å². The lowest BCUT2D eigenvalue weighted by Gasteiger charge is -2.16. The van der Waals surface area contributed by atoms with Crippen LogP contribution in [-0.4, -0.2) is 36.3 Å². The van der Waals surface area contributed by atoms with E-state index in [1.165, 1.54) is 6.08 Å². The van der Waals surface area contributed by atoms with Crippen LogP contribution in [0.4, 0.5) is 0 Å². The molecule has 0 radical (unpaired) electrons. The van der Waals surface area contributed by atoms with Crippen LogP contribution in [0.3, 0.4) is 0 Å². The van der Waals surface area contributed by atoms with Crippen LogP contribution in [0.5, 0.6) is 0 Å². The van der Waals surface area contributed by atoms with Crippen LogP contribution in [0.1, 0.15) is 33.6 Å². The minimum Gasteiger partial charge on any atom is -0.382 e. The van der Waals surface area contributed by atoms with Crippen molar-refractivity contribution in [1.82, 2.24) is 10.6 Å². The molecular formula is C16H18N2O3S. The Hall–Kier alpha value is -2.08. The van der Waals surface area contributed by atoms with Gasteiger partial charge >= 0.3 is 0 Å². The fourth-order valence-corrected chi connectivity index (χ4v) is 2.32. The molecule has 1 aromatic carbocycles. The monoisotopic (exact) mass is 318 g/mol. The summed E-state index contributed by atoms with van der Waals surface area (Å²) in [4.78, 5) is 35.2. The van der Waals surface area contributed by atoms with E-state index in [4.69, 9.17) is 0 Å². The first kappa shape index (κ1) is 16.3. The highest BCUT2D eigenvalue weighted by molar-refractivity contribution is 7.81. The van der Waals surface area contributed by atoms with Crippen molar-refractivity contribution in [2.24, 2.45) is 0 Å². The van der Waals surface area contributed by atoms with Crippen molar-refractivity contribution in [3.8, 4) is 0 Å². The lowest BCUT2D eigenvalue weighted by Crippen LogP contribution is -2.28. The number of thiol groups is 1. The van der Waals surface area contributed by atoms with Gasteiger partial charge in [0.05, 0.1) is 11.4 Å². The lowest BCUT2D eigenvalue weighted by molar-refractivity contribution is -0.118. The number of carbonyl (C=O) groups is 3. The van der Waals surface area contributed by atoms with Crippen LogP contribution in [0.15, 0.2) is 36.0 Å². The molecule has 116 valence electrons. The summed E-state index contributed by atoms with van der Waals surface area (Å²) < 4.78 is 0. The van der Waals surface area contributed by atoms with Gasteiger partial charge in [-0.25, -0.2) is 0 Å². The summed E-state index contributed by atoms with van der Waals surface area (Å²) in [6, 6.07) is 6.82. The summed E-state index contributed by atoms with van der Waals surface area (Å²) in [7, 11) is 0. The number of carbonyl (C=O) groups excluding carboxylic acids is 3. The molecule has 6 heteroatoms. The lowest BCUT2D eigenvalue weighted by atomic mass is 9.93. The molecule has 1 aliphatic rings. The van der Waals surface area contributed by atoms with E-state index in [1.807, 2.05) is 0 Å². The molecule has 0 aliphatic heterocycles. The zero-order valence-electron chi connectivity index (χ0n) is 12.1. The maximum absolute atomic E-state index is 12.3. The molecule has 0 spiro atoms. The van der Waals surface area contributed by atoms with Gasteiger partial charge in [-0.05, 0) is 12.8 Å². The summed E-state index contributed by atoms with van der Waals surface area (Å²) in [5, 5.41) is 5.73. The summed E-state index contributed by atoms with van der Waals surface area (Å²) >= 11 is 3.87. The van der Waals surface area contributed by atoms with E-state index in [0.29, 0.717) is 29.9 Å². The summed E-state index contributed by atoms with van der Waals surface area (Å²) in [5.41, 5.74) is 1.23. The maximum atomic E-state index is 12.3. The Balaban J connectivity index is 1.81. The van der Waals surface area contributed by atoms with Gasteiger partial charge in [0.2, 0.25) is 11.7 Å². The number of hydrogen-bond acceptors (Lipinski definition) is 5. The van der Waals surface area contributed by atoms with Gasteiger partial charge in [-0.1, -0.05) is 24.3 Å². The van der Waals surface area contributed by atoms with E-state index < -0.39 is 0 Å². The number of unbranched alkanes of at least 4 members (excludes halogenated alkanes) is 1. The van der Waals surface area contributed by atoms with E-state index in [2.05, 4.69) is 23.3 Å².